The molecule has 0 atom stereocenters. The first-order valence-corrected chi connectivity index (χ1v) is 12.6. The number of nitrogens with zero attached hydrogens (tertiary/aromatic N) is 1. The number of sulfonamides is 1. The van der Waals surface area contributed by atoms with Crippen LogP contribution in [0.4, 0.5) is 4.79 Å². The number of rotatable bonds is 9. The summed E-state index contributed by atoms with van der Waals surface area (Å²) in [5.74, 6) is -0.109. The number of hydrogen-bond acceptors (Lipinski definition) is 7. The predicted molar refractivity (Wildman–Crippen MR) is 119 cm³/mol. The summed E-state index contributed by atoms with van der Waals surface area (Å²) in [4.78, 5) is 26.5. The average Bonchev–Trinajstić information content (AvgIpc) is 3.25. The van der Waals surface area contributed by atoms with Gasteiger partial charge < -0.3 is 20.4 Å². The Morgan fingerprint density at radius 1 is 1.29 bits per heavy atom. The number of H-pyrrole nitrogens is 1. The van der Waals surface area contributed by atoms with Gasteiger partial charge in [0.05, 0.1) is 6.54 Å². The van der Waals surface area contributed by atoms with Gasteiger partial charge in [-0.3, -0.25) is 4.79 Å². The third-order valence-corrected chi connectivity index (χ3v) is 8.49. The highest BCUT2D eigenvalue weighted by molar-refractivity contribution is 7.91. The van der Waals surface area contributed by atoms with Crippen molar-refractivity contribution in [3.8, 4) is 5.75 Å². The van der Waals surface area contributed by atoms with Crippen molar-refractivity contribution in [3.05, 3.63) is 45.7 Å². The van der Waals surface area contributed by atoms with Crippen LogP contribution in [0.2, 0.25) is 0 Å². The highest BCUT2D eigenvalue weighted by Crippen LogP contribution is 2.27. The van der Waals surface area contributed by atoms with Crippen LogP contribution in [-0.2, 0) is 16.6 Å². The van der Waals surface area contributed by atoms with Crippen molar-refractivity contribution in [3.63, 3.8) is 0 Å². The Kier molecular flexibility index (Phi) is 8.24. The topological polar surface area (TPSA) is 121 Å². The van der Waals surface area contributed by atoms with E-state index in [1.54, 1.807) is 18.2 Å². The number of carbonyl (C=O) groups excluding carboxylic acids is 1. The molecule has 1 aliphatic rings. The maximum absolute atomic E-state index is 13.0. The fraction of sp³-hybridized carbons (Fsp3) is 0.500. The van der Waals surface area contributed by atoms with E-state index in [4.69, 9.17) is 4.74 Å². The Morgan fingerprint density at radius 3 is 2.77 bits per heavy atom. The van der Waals surface area contributed by atoms with Crippen LogP contribution in [0.25, 0.3) is 0 Å². The van der Waals surface area contributed by atoms with Crippen molar-refractivity contribution in [2.45, 2.75) is 49.4 Å². The molecule has 2 aromatic heterocycles. The first-order valence-electron chi connectivity index (χ1n) is 10.4. The first kappa shape index (κ1) is 23.5. The quantitative estimate of drug-likeness (QED) is 0.486. The van der Waals surface area contributed by atoms with Crippen LogP contribution >= 0.6 is 11.3 Å². The number of ether oxygens (including phenoxy) is 1. The van der Waals surface area contributed by atoms with Crippen LogP contribution in [0.1, 0.15) is 37.5 Å². The van der Waals surface area contributed by atoms with Gasteiger partial charge in [-0.25, -0.2) is 13.2 Å². The maximum atomic E-state index is 13.0. The van der Waals surface area contributed by atoms with Crippen molar-refractivity contribution >= 4 is 27.5 Å². The largest absolute Gasteiger partial charge is 0.413 e. The molecule has 170 valence electrons. The van der Waals surface area contributed by atoms with Gasteiger partial charge in [-0.1, -0.05) is 13.3 Å². The lowest BCUT2D eigenvalue weighted by atomic mass is 10.1. The molecule has 1 aliphatic heterocycles. The van der Waals surface area contributed by atoms with Gasteiger partial charge in [0.2, 0.25) is 0 Å². The van der Waals surface area contributed by atoms with Crippen LogP contribution in [0.15, 0.2) is 39.5 Å². The Labute approximate surface area is 185 Å². The van der Waals surface area contributed by atoms with Gasteiger partial charge in [-0.05, 0) is 50.1 Å². The lowest BCUT2D eigenvalue weighted by Gasteiger charge is -2.31. The smallest absolute Gasteiger partial charge is 0.404 e. The molecule has 11 heteroatoms. The van der Waals surface area contributed by atoms with Crippen molar-refractivity contribution < 1.29 is 17.9 Å². The number of pyridine rings is 1. The number of amides is 1. The minimum Gasteiger partial charge on any atom is -0.404 e. The normalized spacial score (nSPS) is 15.6. The van der Waals surface area contributed by atoms with Crippen LogP contribution in [0.5, 0.6) is 5.75 Å². The molecule has 3 rings (SSSR count). The summed E-state index contributed by atoms with van der Waals surface area (Å²) in [5, 5.41) is 6.02. The van der Waals surface area contributed by atoms with E-state index in [2.05, 4.69) is 22.5 Å². The molecule has 1 saturated heterocycles. The molecule has 1 amide bonds. The predicted octanol–water partition coefficient (Wildman–Crippen LogP) is 2.27. The van der Waals surface area contributed by atoms with E-state index < -0.39 is 21.7 Å². The highest BCUT2D eigenvalue weighted by Gasteiger charge is 2.30. The third-order valence-electron chi connectivity index (χ3n) is 5.04. The number of carbonyl (C=O) groups is 1. The maximum Gasteiger partial charge on any atom is 0.413 e. The second-order valence-electron chi connectivity index (χ2n) is 7.31. The number of nitrogens with one attached hydrogen (secondary N) is 3. The molecule has 0 aliphatic carbocycles. The van der Waals surface area contributed by atoms with Crippen molar-refractivity contribution in [1.29, 1.82) is 0 Å². The molecule has 0 radical (unpaired) electrons. The number of piperidine rings is 1. The van der Waals surface area contributed by atoms with Gasteiger partial charge in [0.1, 0.15) is 4.21 Å². The van der Waals surface area contributed by atoms with Crippen molar-refractivity contribution in [2.24, 2.45) is 0 Å². The molecule has 0 saturated carbocycles. The number of unbranched alkanes of at least 4 members (excludes halogenated alkanes) is 1. The SMILES string of the molecule is CCCCNC1CCN(S(=O)(=O)c2ccc(CNC(=O)Oc3ccc[nH]c3=O)s2)CC1. The van der Waals surface area contributed by atoms with E-state index in [-0.39, 0.29) is 16.5 Å². The minimum atomic E-state index is -3.55. The summed E-state index contributed by atoms with van der Waals surface area (Å²) in [7, 11) is -3.55. The molecule has 31 heavy (non-hydrogen) atoms. The average molecular weight is 469 g/mol. The monoisotopic (exact) mass is 468 g/mol. The van der Waals surface area contributed by atoms with Crippen molar-refractivity contribution in [2.75, 3.05) is 19.6 Å². The third kappa shape index (κ3) is 6.39. The fourth-order valence-corrected chi connectivity index (χ4v) is 6.20. The van der Waals surface area contributed by atoms with Crippen LogP contribution in [-0.4, -0.2) is 49.5 Å². The van der Waals surface area contributed by atoms with E-state index in [0.29, 0.717) is 24.0 Å². The Balaban J connectivity index is 1.51. The molecule has 1 fully saturated rings. The molecule has 0 aromatic carbocycles. The summed E-state index contributed by atoms with van der Waals surface area (Å²) in [6, 6.07) is 6.53. The molecule has 0 spiro atoms. The van der Waals surface area contributed by atoms with Crippen LogP contribution in [0, 0.1) is 0 Å². The molecule has 0 unspecified atom stereocenters. The zero-order valence-corrected chi connectivity index (χ0v) is 19.1. The number of aromatic amines is 1. The second kappa shape index (κ2) is 10.9. The van der Waals surface area contributed by atoms with Gasteiger partial charge >= 0.3 is 6.09 Å². The van der Waals surface area contributed by atoms with Crippen LogP contribution in [0.3, 0.4) is 0 Å². The van der Waals surface area contributed by atoms with E-state index in [9.17, 15) is 18.0 Å². The molecule has 3 N–H and O–H groups in total. The van der Waals surface area contributed by atoms with Gasteiger partial charge in [0, 0.05) is 30.2 Å². The first-order chi connectivity index (χ1) is 14.9. The highest BCUT2D eigenvalue weighted by atomic mass is 32.2. The van der Waals surface area contributed by atoms with Gasteiger partial charge in [-0.2, -0.15) is 4.31 Å². The lowest BCUT2D eigenvalue weighted by molar-refractivity contribution is 0.199. The lowest BCUT2D eigenvalue weighted by Crippen LogP contribution is -2.44. The summed E-state index contributed by atoms with van der Waals surface area (Å²) >= 11 is 1.12. The van der Waals surface area contributed by atoms with Gasteiger partial charge in [-0.15, -0.1) is 11.3 Å². The van der Waals surface area contributed by atoms with Gasteiger partial charge in [0.15, 0.2) is 5.75 Å². The molecule has 2 aromatic rings. The zero-order valence-electron chi connectivity index (χ0n) is 17.4. The molecular weight excluding hydrogens is 440 g/mol. The standard InChI is InChI=1S/C20H28N4O5S2/c1-2-3-10-21-15-8-12-24(13-9-15)31(27,28)18-7-6-16(30-18)14-23-20(26)29-17-5-4-11-22-19(17)25/h4-7,11,15,21H,2-3,8-10,12-14H2,1H3,(H,22,25)(H,23,26). The Hall–Kier alpha value is -2.21. The number of hydrogen-bond donors (Lipinski definition) is 3. The summed E-state index contributed by atoms with van der Waals surface area (Å²) in [6.45, 7) is 4.21. The summed E-state index contributed by atoms with van der Waals surface area (Å²) in [6.07, 6.45) is 4.51. The summed E-state index contributed by atoms with van der Waals surface area (Å²) in [5.41, 5.74) is -0.508. The molecule has 0 bridgehead atoms. The van der Waals surface area contributed by atoms with E-state index in [1.807, 2.05) is 0 Å². The van der Waals surface area contributed by atoms with E-state index >= 15 is 0 Å². The Morgan fingerprint density at radius 2 is 2.06 bits per heavy atom. The molecular formula is C20H28N4O5S2. The van der Waals surface area contributed by atoms with Crippen molar-refractivity contribution in [1.82, 2.24) is 19.9 Å². The van der Waals surface area contributed by atoms with Gasteiger partial charge in [0.25, 0.3) is 15.6 Å². The Bertz CT molecular complexity index is 1030. The van der Waals surface area contributed by atoms with E-state index in [0.717, 1.165) is 43.6 Å². The molecule has 3 heterocycles. The zero-order chi connectivity index (χ0) is 22.3. The minimum absolute atomic E-state index is 0.104. The second-order valence-corrected chi connectivity index (χ2v) is 10.6. The van der Waals surface area contributed by atoms with Crippen LogP contribution < -0.4 is 20.9 Å². The number of aromatic nitrogens is 1. The molecule has 9 nitrogen and oxygen atoms in total. The number of thiophene rings is 1. The van der Waals surface area contributed by atoms with E-state index in [1.165, 1.54) is 16.6 Å². The fourth-order valence-electron chi connectivity index (χ4n) is 3.28. The summed E-state index contributed by atoms with van der Waals surface area (Å²) < 4.78 is 32.7.